The molecular weight excluding hydrogens is 302 g/mol. The number of hydrogen-bond donors (Lipinski definition) is 1. The van der Waals surface area contributed by atoms with Crippen molar-refractivity contribution in [2.24, 2.45) is 38.4 Å². The zero-order valence-electron chi connectivity index (χ0n) is 20.1. The molecule has 3 N–H and O–H groups in total. The fourth-order valence-electron chi connectivity index (χ4n) is 6.27. The first-order chi connectivity index (χ1) is 10.4. The van der Waals surface area contributed by atoms with Crippen molar-refractivity contribution in [1.29, 1.82) is 0 Å². The first-order valence-corrected chi connectivity index (χ1v) is 10.4. The third-order valence-corrected chi connectivity index (χ3v) is 10.7. The average molecular weight is 354 g/mol. The van der Waals surface area contributed by atoms with Crippen LogP contribution < -0.4 is 6.15 Å². The van der Waals surface area contributed by atoms with Crippen molar-refractivity contribution < 1.29 is 0 Å². The maximum atomic E-state index is 2.57. The zero-order chi connectivity index (χ0) is 19.4. The molecule has 0 bridgehead atoms. The Labute approximate surface area is 160 Å². The molecule has 1 aliphatic rings. The van der Waals surface area contributed by atoms with E-state index in [0.717, 1.165) is 5.92 Å². The minimum atomic E-state index is 0. The van der Waals surface area contributed by atoms with Gasteiger partial charge in [-0.05, 0) is 44.8 Å². The Bertz CT molecular complexity index is 411. The molecule has 25 heavy (non-hydrogen) atoms. The standard InChI is InChI=1S/C24H48.H3N/c1-14-15-16-17-18-19(2,3)21(6,7)23(10,11)24(12,13)22(8,9)20(18,4)5;/h18H,14-17H2,1-13H3;1H3. The molecule has 1 heteroatoms. The van der Waals surface area contributed by atoms with Gasteiger partial charge in [0.15, 0.2) is 0 Å². The molecule has 0 atom stereocenters. The van der Waals surface area contributed by atoms with E-state index in [-0.39, 0.29) is 27.8 Å². The Balaban J connectivity index is 0.00000576. The van der Waals surface area contributed by atoms with Crippen LogP contribution in [0.25, 0.3) is 0 Å². The number of rotatable bonds is 4. The molecule has 0 unspecified atom stereocenters. The Kier molecular flexibility index (Phi) is 6.83. The fourth-order valence-corrected chi connectivity index (χ4v) is 6.27. The van der Waals surface area contributed by atoms with Gasteiger partial charge >= 0.3 is 0 Å². The van der Waals surface area contributed by atoms with Crippen molar-refractivity contribution in [3.05, 3.63) is 0 Å². The van der Waals surface area contributed by atoms with Crippen LogP contribution in [0, 0.1) is 38.4 Å². The van der Waals surface area contributed by atoms with Gasteiger partial charge in [-0.2, -0.15) is 0 Å². The Morgan fingerprint density at radius 2 is 0.840 bits per heavy atom. The molecule has 1 aliphatic carbocycles. The lowest BCUT2D eigenvalue weighted by molar-refractivity contribution is -0.127. The van der Waals surface area contributed by atoms with Gasteiger partial charge in [0.25, 0.3) is 0 Å². The average Bonchev–Trinajstić information content (AvgIpc) is 2.41. The maximum Gasteiger partial charge on any atom is -0.0241 e. The summed E-state index contributed by atoms with van der Waals surface area (Å²) in [6.45, 7) is 33.0. The predicted octanol–water partition coefficient (Wildman–Crippen LogP) is 8.52. The van der Waals surface area contributed by atoms with Crippen molar-refractivity contribution >= 4 is 0 Å². The molecule has 1 saturated carbocycles. The van der Waals surface area contributed by atoms with Crippen LogP contribution in [-0.4, -0.2) is 0 Å². The highest BCUT2D eigenvalue weighted by atomic mass is 14.7. The minimum Gasteiger partial charge on any atom is -0.344 e. The van der Waals surface area contributed by atoms with Crippen LogP contribution in [0.15, 0.2) is 0 Å². The van der Waals surface area contributed by atoms with Gasteiger partial charge in [0.2, 0.25) is 0 Å². The lowest BCUT2D eigenvalue weighted by Crippen LogP contribution is -2.54. The SMILES string of the molecule is CCCCCC1C(C)(C)C(C)(C)C(C)(C)C(C)(C)C(C)(C)C1(C)C.N. The first-order valence-electron chi connectivity index (χ1n) is 10.4. The molecule has 0 heterocycles. The van der Waals surface area contributed by atoms with E-state index in [9.17, 15) is 0 Å². The zero-order valence-corrected chi connectivity index (χ0v) is 20.1. The van der Waals surface area contributed by atoms with Crippen LogP contribution in [0.4, 0.5) is 0 Å². The second kappa shape index (κ2) is 6.84. The summed E-state index contributed by atoms with van der Waals surface area (Å²) in [4.78, 5) is 0. The molecule has 0 radical (unpaired) electrons. The van der Waals surface area contributed by atoms with E-state index < -0.39 is 0 Å². The summed E-state index contributed by atoms with van der Waals surface area (Å²) < 4.78 is 0. The topological polar surface area (TPSA) is 35.0 Å². The van der Waals surface area contributed by atoms with Gasteiger partial charge in [-0.1, -0.05) is 109 Å². The smallest absolute Gasteiger partial charge is 0.0241 e. The van der Waals surface area contributed by atoms with Gasteiger partial charge in [0.05, 0.1) is 0 Å². The van der Waals surface area contributed by atoms with Gasteiger partial charge in [-0.15, -0.1) is 0 Å². The van der Waals surface area contributed by atoms with Crippen LogP contribution in [0.3, 0.4) is 0 Å². The van der Waals surface area contributed by atoms with E-state index >= 15 is 0 Å². The van der Waals surface area contributed by atoms with E-state index in [1.165, 1.54) is 25.7 Å². The monoisotopic (exact) mass is 353 g/mol. The number of unbranched alkanes of at least 4 members (excludes halogenated alkanes) is 2. The van der Waals surface area contributed by atoms with Crippen molar-refractivity contribution in [2.45, 2.75) is 116 Å². The highest BCUT2D eigenvalue weighted by molar-refractivity contribution is 5.17. The summed E-state index contributed by atoms with van der Waals surface area (Å²) in [6, 6.07) is 0. The molecule has 1 nitrogen and oxygen atoms in total. The highest BCUT2D eigenvalue weighted by Gasteiger charge is 2.68. The second-order valence-electron chi connectivity index (χ2n) is 12.0. The third-order valence-electron chi connectivity index (χ3n) is 10.7. The summed E-state index contributed by atoms with van der Waals surface area (Å²) in [7, 11) is 0. The summed E-state index contributed by atoms with van der Waals surface area (Å²) in [5.74, 6) is 0.739. The number of hydrogen-bond acceptors (Lipinski definition) is 1. The molecule has 0 spiro atoms. The largest absolute Gasteiger partial charge is 0.344 e. The molecule has 0 amide bonds. The molecule has 0 saturated heterocycles. The normalized spacial score (nSPS) is 28.7. The summed E-state index contributed by atoms with van der Waals surface area (Å²) in [5, 5.41) is 0. The van der Waals surface area contributed by atoms with Gasteiger partial charge in [0.1, 0.15) is 0 Å². The van der Waals surface area contributed by atoms with Crippen LogP contribution in [-0.2, 0) is 0 Å². The maximum absolute atomic E-state index is 2.57. The van der Waals surface area contributed by atoms with Gasteiger partial charge in [-0.3, -0.25) is 0 Å². The Hall–Kier alpha value is -0.0400. The molecule has 0 aromatic carbocycles. The van der Waals surface area contributed by atoms with Crippen molar-refractivity contribution in [1.82, 2.24) is 6.15 Å². The molecule has 0 aliphatic heterocycles. The van der Waals surface area contributed by atoms with Gasteiger partial charge in [0, 0.05) is 0 Å². The second-order valence-corrected chi connectivity index (χ2v) is 12.0. The van der Waals surface area contributed by atoms with E-state index in [2.05, 4.69) is 90.0 Å². The Morgan fingerprint density at radius 1 is 0.520 bits per heavy atom. The lowest BCUT2D eigenvalue weighted by atomic mass is 9.43. The van der Waals surface area contributed by atoms with Gasteiger partial charge in [-0.25, -0.2) is 0 Å². The van der Waals surface area contributed by atoms with Crippen molar-refractivity contribution in [3.8, 4) is 0 Å². The minimum absolute atomic E-state index is 0. The van der Waals surface area contributed by atoms with Crippen LogP contribution in [0.1, 0.15) is 116 Å². The highest BCUT2D eigenvalue weighted by Crippen LogP contribution is 2.75. The first kappa shape index (κ1) is 25.0. The molecule has 1 rings (SSSR count). The molecular formula is C24H51N. The fraction of sp³-hybridized carbons (Fsp3) is 1.00. The molecule has 0 aromatic rings. The summed E-state index contributed by atoms with van der Waals surface area (Å²) >= 11 is 0. The quantitative estimate of drug-likeness (QED) is 0.399. The molecule has 0 aromatic heterocycles. The Morgan fingerprint density at radius 3 is 1.12 bits per heavy atom. The third kappa shape index (κ3) is 3.01. The van der Waals surface area contributed by atoms with E-state index in [4.69, 9.17) is 0 Å². The molecule has 152 valence electrons. The predicted molar refractivity (Wildman–Crippen MR) is 115 cm³/mol. The van der Waals surface area contributed by atoms with Crippen molar-refractivity contribution in [2.75, 3.05) is 0 Å². The van der Waals surface area contributed by atoms with Crippen LogP contribution in [0.5, 0.6) is 0 Å². The van der Waals surface area contributed by atoms with Crippen LogP contribution >= 0.6 is 0 Å². The molecule has 1 fully saturated rings. The lowest BCUT2D eigenvalue weighted by Gasteiger charge is -2.61. The van der Waals surface area contributed by atoms with E-state index in [1.807, 2.05) is 0 Å². The summed E-state index contributed by atoms with van der Waals surface area (Å²) in [6.07, 6.45) is 5.43. The van der Waals surface area contributed by atoms with E-state index in [1.54, 1.807) is 0 Å². The van der Waals surface area contributed by atoms with Gasteiger partial charge < -0.3 is 6.15 Å². The van der Waals surface area contributed by atoms with E-state index in [0.29, 0.717) is 10.8 Å². The van der Waals surface area contributed by atoms with Crippen molar-refractivity contribution in [3.63, 3.8) is 0 Å². The summed E-state index contributed by atoms with van der Waals surface area (Å²) in [5.41, 5.74) is 1.65. The van der Waals surface area contributed by atoms with Crippen LogP contribution in [0.2, 0.25) is 0 Å².